The Balaban J connectivity index is 1.35. The number of nitrogens with one attached hydrogen (secondary N) is 2. The second kappa shape index (κ2) is 15.6. The molecule has 1 heterocycles. The number of carbonyl (C=O) groups is 4. The fourth-order valence-corrected chi connectivity index (χ4v) is 6.03. The highest BCUT2D eigenvalue weighted by atomic mass is 35.5. The standard InChI is InChI=1S/C32H40ClN3O6/c33-26-14-6-10-23(18-26)21-42-32(41)35-28(19-22-8-2-1-3-9-22)30(38)34-27(31(39)40)15-16-29(37)36-17-7-13-24-11-4-5-12-25(24)20-36/h4-6,10-12,14,18,22,27-28H,1-3,7-9,13,15-17,19-21H2,(H,34,38)(H,35,41)(H,39,40)/t27-,28-/m0/s1. The number of alkyl carbamates (subject to hydrolysis) is 1. The fourth-order valence-electron chi connectivity index (χ4n) is 5.82. The van der Waals surface area contributed by atoms with Crippen molar-refractivity contribution < 1.29 is 29.0 Å². The minimum Gasteiger partial charge on any atom is -0.480 e. The molecular formula is C32H40ClN3O6. The lowest BCUT2D eigenvalue weighted by atomic mass is 9.84. The number of nitrogens with zero attached hydrogens (tertiary/aromatic N) is 1. The van der Waals surface area contributed by atoms with Gasteiger partial charge in [-0.15, -0.1) is 0 Å². The quantitative estimate of drug-likeness (QED) is 0.326. The first-order chi connectivity index (χ1) is 20.3. The van der Waals surface area contributed by atoms with E-state index in [4.69, 9.17) is 16.3 Å². The van der Waals surface area contributed by atoms with E-state index < -0.39 is 30.1 Å². The SMILES string of the molecule is O=C(N[C@@H](CC1CCCCC1)C(=O)N[C@@H](CCC(=O)N1CCCc2ccccc2C1)C(=O)O)OCc1cccc(Cl)c1. The van der Waals surface area contributed by atoms with Crippen molar-refractivity contribution in [3.05, 3.63) is 70.2 Å². The zero-order valence-electron chi connectivity index (χ0n) is 23.9. The molecule has 0 aromatic heterocycles. The molecule has 1 aliphatic heterocycles. The van der Waals surface area contributed by atoms with Gasteiger partial charge in [-0.1, -0.05) is 80.1 Å². The Hall–Kier alpha value is -3.59. The Morgan fingerprint density at radius 3 is 2.45 bits per heavy atom. The van der Waals surface area contributed by atoms with Crippen molar-refractivity contribution in [3.8, 4) is 0 Å². The average Bonchev–Trinajstić information content (AvgIpc) is 3.21. The third kappa shape index (κ3) is 9.48. The lowest BCUT2D eigenvalue weighted by Crippen LogP contribution is -2.52. The normalized spacial score (nSPS) is 16.8. The second-order valence-electron chi connectivity index (χ2n) is 11.3. The van der Waals surface area contributed by atoms with Gasteiger partial charge in [0.05, 0.1) is 0 Å². The van der Waals surface area contributed by atoms with E-state index in [1.54, 1.807) is 29.2 Å². The third-order valence-corrected chi connectivity index (χ3v) is 8.36. The number of hydrogen-bond donors (Lipinski definition) is 3. The average molecular weight is 598 g/mol. The first-order valence-corrected chi connectivity index (χ1v) is 15.2. The maximum absolute atomic E-state index is 13.4. The van der Waals surface area contributed by atoms with Crippen LogP contribution < -0.4 is 10.6 Å². The van der Waals surface area contributed by atoms with Gasteiger partial charge in [0, 0.05) is 24.5 Å². The maximum Gasteiger partial charge on any atom is 0.408 e. The second-order valence-corrected chi connectivity index (χ2v) is 11.7. The topological polar surface area (TPSA) is 125 Å². The smallest absolute Gasteiger partial charge is 0.408 e. The van der Waals surface area contributed by atoms with Crippen molar-refractivity contribution in [2.75, 3.05) is 6.54 Å². The zero-order chi connectivity index (χ0) is 29.9. The number of rotatable bonds is 11. The van der Waals surface area contributed by atoms with Crippen LogP contribution in [0, 0.1) is 5.92 Å². The van der Waals surface area contributed by atoms with Crippen LogP contribution in [0.25, 0.3) is 0 Å². The van der Waals surface area contributed by atoms with E-state index in [-0.39, 0.29) is 31.3 Å². The molecule has 2 aromatic rings. The van der Waals surface area contributed by atoms with E-state index in [0.717, 1.165) is 50.5 Å². The molecule has 42 heavy (non-hydrogen) atoms. The molecule has 9 nitrogen and oxygen atoms in total. The summed E-state index contributed by atoms with van der Waals surface area (Å²) in [6.07, 6.45) is 6.42. The van der Waals surface area contributed by atoms with Crippen LogP contribution >= 0.6 is 11.6 Å². The van der Waals surface area contributed by atoms with Crippen LogP contribution in [0.1, 0.15) is 74.5 Å². The molecule has 4 rings (SSSR count). The molecule has 0 bridgehead atoms. The lowest BCUT2D eigenvalue weighted by molar-refractivity contribution is -0.142. The summed E-state index contributed by atoms with van der Waals surface area (Å²) in [6, 6.07) is 12.7. The van der Waals surface area contributed by atoms with Gasteiger partial charge in [-0.25, -0.2) is 9.59 Å². The summed E-state index contributed by atoms with van der Waals surface area (Å²) in [5.41, 5.74) is 3.03. The molecule has 2 aliphatic rings. The van der Waals surface area contributed by atoms with E-state index >= 15 is 0 Å². The number of halogens is 1. The van der Waals surface area contributed by atoms with Crippen molar-refractivity contribution in [3.63, 3.8) is 0 Å². The minimum absolute atomic E-state index is 0.0121. The van der Waals surface area contributed by atoms with Crippen LogP contribution in [0.4, 0.5) is 4.79 Å². The number of aliphatic carboxylic acids is 1. The first kappa shape index (κ1) is 31.3. The molecular weight excluding hydrogens is 558 g/mol. The maximum atomic E-state index is 13.4. The largest absolute Gasteiger partial charge is 0.480 e. The molecule has 0 spiro atoms. The summed E-state index contributed by atoms with van der Waals surface area (Å²) in [6.45, 7) is 1.07. The summed E-state index contributed by atoms with van der Waals surface area (Å²) >= 11 is 6.00. The number of fused-ring (bicyclic) bond motifs is 1. The number of aryl methyl sites for hydroxylation is 1. The first-order valence-electron chi connectivity index (χ1n) is 14.8. The molecule has 10 heteroatoms. The van der Waals surface area contributed by atoms with Gasteiger partial charge >= 0.3 is 12.1 Å². The Labute approximate surface area is 251 Å². The van der Waals surface area contributed by atoms with Crippen LogP contribution in [0.15, 0.2) is 48.5 Å². The van der Waals surface area contributed by atoms with Gasteiger partial charge in [-0.05, 0) is 60.4 Å². The van der Waals surface area contributed by atoms with Crippen LogP contribution in [0.3, 0.4) is 0 Å². The van der Waals surface area contributed by atoms with Crippen molar-refractivity contribution >= 4 is 35.5 Å². The number of carbonyl (C=O) groups excluding carboxylic acids is 3. The van der Waals surface area contributed by atoms with Crippen LogP contribution in [0.2, 0.25) is 5.02 Å². The van der Waals surface area contributed by atoms with Crippen molar-refractivity contribution in [2.24, 2.45) is 5.92 Å². The van der Waals surface area contributed by atoms with Gasteiger partial charge in [0.15, 0.2) is 0 Å². The van der Waals surface area contributed by atoms with E-state index in [0.29, 0.717) is 30.1 Å². The molecule has 3 amide bonds. The summed E-state index contributed by atoms with van der Waals surface area (Å²) in [7, 11) is 0. The fraction of sp³-hybridized carbons (Fsp3) is 0.500. The molecule has 0 radical (unpaired) electrons. The monoisotopic (exact) mass is 597 g/mol. The lowest BCUT2D eigenvalue weighted by Gasteiger charge is -2.27. The number of benzene rings is 2. The van der Waals surface area contributed by atoms with Gasteiger partial charge in [-0.2, -0.15) is 0 Å². The van der Waals surface area contributed by atoms with Crippen LogP contribution in [-0.4, -0.2) is 52.5 Å². The summed E-state index contributed by atoms with van der Waals surface area (Å²) in [5.74, 6) is -1.73. The van der Waals surface area contributed by atoms with E-state index in [2.05, 4.69) is 16.7 Å². The van der Waals surface area contributed by atoms with Crippen LogP contribution in [-0.2, 0) is 38.7 Å². The molecule has 1 saturated carbocycles. The molecule has 1 fully saturated rings. The molecule has 0 unspecified atom stereocenters. The van der Waals surface area contributed by atoms with Gasteiger partial charge in [-0.3, -0.25) is 9.59 Å². The minimum atomic E-state index is -1.26. The Morgan fingerprint density at radius 2 is 1.71 bits per heavy atom. The number of carboxylic acids is 1. The van der Waals surface area contributed by atoms with Gasteiger partial charge in [0.1, 0.15) is 18.7 Å². The van der Waals surface area contributed by atoms with E-state index in [1.165, 1.54) is 5.56 Å². The summed E-state index contributed by atoms with van der Waals surface area (Å²) in [4.78, 5) is 53.0. The molecule has 2 atom stereocenters. The highest BCUT2D eigenvalue weighted by molar-refractivity contribution is 6.30. The molecule has 226 valence electrons. The van der Waals surface area contributed by atoms with E-state index in [9.17, 15) is 24.3 Å². The van der Waals surface area contributed by atoms with Crippen molar-refractivity contribution in [1.82, 2.24) is 15.5 Å². The van der Waals surface area contributed by atoms with Crippen molar-refractivity contribution in [1.29, 1.82) is 0 Å². The predicted molar refractivity (Wildman–Crippen MR) is 159 cm³/mol. The number of ether oxygens (including phenoxy) is 1. The number of hydrogen-bond acceptors (Lipinski definition) is 5. The van der Waals surface area contributed by atoms with Gasteiger partial charge < -0.3 is 25.4 Å². The summed E-state index contributed by atoms with van der Waals surface area (Å²) in [5, 5.41) is 15.6. The highest BCUT2D eigenvalue weighted by Gasteiger charge is 2.30. The predicted octanol–water partition coefficient (Wildman–Crippen LogP) is 5.23. The highest BCUT2D eigenvalue weighted by Crippen LogP contribution is 2.27. The van der Waals surface area contributed by atoms with E-state index in [1.807, 2.05) is 18.2 Å². The van der Waals surface area contributed by atoms with Gasteiger partial charge in [0.2, 0.25) is 11.8 Å². The Bertz CT molecular complexity index is 1250. The Morgan fingerprint density at radius 1 is 0.952 bits per heavy atom. The van der Waals surface area contributed by atoms with Gasteiger partial charge in [0.25, 0.3) is 0 Å². The number of amides is 3. The third-order valence-electron chi connectivity index (χ3n) is 8.13. The zero-order valence-corrected chi connectivity index (χ0v) is 24.6. The van der Waals surface area contributed by atoms with Crippen molar-refractivity contribution in [2.45, 2.75) is 89.4 Å². The molecule has 3 N–H and O–H groups in total. The Kier molecular flexibility index (Phi) is 11.6. The molecule has 2 aromatic carbocycles. The molecule has 1 aliphatic carbocycles. The number of carboxylic acid groups (broad SMARTS) is 1. The van der Waals surface area contributed by atoms with Crippen LogP contribution in [0.5, 0.6) is 0 Å². The molecule has 0 saturated heterocycles. The summed E-state index contributed by atoms with van der Waals surface area (Å²) < 4.78 is 5.33.